The van der Waals surface area contributed by atoms with Gasteiger partial charge in [0.1, 0.15) is 5.01 Å². The van der Waals surface area contributed by atoms with Gasteiger partial charge in [-0.25, -0.2) is 4.98 Å². The highest BCUT2D eigenvalue weighted by Gasteiger charge is 2.25. The maximum atomic E-state index is 5.43. The molecule has 1 fully saturated rings. The average Bonchev–Trinajstić information content (AvgIpc) is 2.70. The molecule has 0 unspecified atom stereocenters. The Labute approximate surface area is 64.1 Å². The highest BCUT2D eigenvalue weighted by atomic mass is 32.1. The topological polar surface area (TPSA) is 38.9 Å². The molecule has 0 bridgehead atoms. The molecule has 0 atom stereocenters. The van der Waals surface area contributed by atoms with E-state index in [1.54, 1.807) is 11.3 Å². The predicted octanol–water partition coefficient (Wildman–Crippen LogP) is 1.48. The van der Waals surface area contributed by atoms with Crippen molar-refractivity contribution in [3.8, 4) is 0 Å². The van der Waals surface area contributed by atoms with Crippen molar-refractivity contribution < 1.29 is 0 Å². The summed E-state index contributed by atoms with van der Waals surface area (Å²) in [4.78, 5) is 4.38. The molecule has 0 spiro atoms. The first-order valence-electron chi connectivity index (χ1n) is 3.54. The minimum atomic E-state index is 0.595. The van der Waals surface area contributed by atoms with Crippen LogP contribution in [-0.2, 0) is 6.54 Å². The zero-order valence-corrected chi connectivity index (χ0v) is 6.53. The minimum Gasteiger partial charge on any atom is -0.325 e. The van der Waals surface area contributed by atoms with Gasteiger partial charge in [0.15, 0.2) is 0 Å². The van der Waals surface area contributed by atoms with Crippen molar-refractivity contribution in [2.75, 3.05) is 0 Å². The van der Waals surface area contributed by atoms with Crippen LogP contribution in [0.25, 0.3) is 0 Å². The Hall–Kier alpha value is -0.410. The Morgan fingerprint density at radius 2 is 2.50 bits per heavy atom. The number of hydrogen-bond donors (Lipinski definition) is 1. The Morgan fingerprint density at radius 3 is 3.00 bits per heavy atom. The molecule has 0 amide bonds. The van der Waals surface area contributed by atoms with Crippen LogP contribution in [0.4, 0.5) is 0 Å². The maximum absolute atomic E-state index is 5.43. The van der Waals surface area contributed by atoms with Crippen LogP contribution in [-0.4, -0.2) is 4.98 Å². The van der Waals surface area contributed by atoms with E-state index in [9.17, 15) is 0 Å². The molecular weight excluding hydrogens is 144 g/mol. The van der Waals surface area contributed by atoms with Gasteiger partial charge in [0.25, 0.3) is 0 Å². The van der Waals surface area contributed by atoms with Crippen LogP contribution in [0, 0.1) is 0 Å². The van der Waals surface area contributed by atoms with Crippen molar-refractivity contribution in [1.29, 1.82) is 0 Å². The summed E-state index contributed by atoms with van der Waals surface area (Å²) in [5.74, 6) is 0.775. The van der Waals surface area contributed by atoms with Gasteiger partial charge in [-0.3, -0.25) is 0 Å². The van der Waals surface area contributed by atoms with Crippen LogP contribution in [0.15, 0.2) is 5.38 Å². The molecule has 1 aromatic heterocycles. The van der Waals surface area contributed by atoms with E-state index in [4.69, 9.17) is 5.73 Å². The van der Waals surface area contributed by atoms with Crippen molar-refractivity contribution in [1.82, 2.24) is 4.98 Å². The van der Waals surface area contributed by atoms with Gasteiger partial charge >= 0.3 is 0 Å². The molecule has 0 aliphatic heterocycles. The normalized spacial score (nSPS) is 17.7. The number of hydrogen-bond acceptors (Lipinski definition) is 3. The fourth-order valence-corrected chi connectivity index (χ4v) is 1.74. The molecule has 1 heterocycles. The summed E-state index contributed by atoms with van der Waals surface area (Å²) in [6.45, 7) is 0.595. The first-order chi connectivity index (χ1) is 4.90. The van der Waals surface area contributed by atoms with Gasteiger partial charge in [0, 0.05) is 17.8 Å². The summed E-state index contributed by atoms with van der Waals surface area (Å²) in [5, 5.41) is 3.21. The monoisotopic (exact) mass is 154 g/mol. The number of rotatable bonds is 2. The Bertz CT molecular complexity index is 227. The van der Waals surface area contributed by atoms with Gasteiger partial charge in [-0.1, -0.05) is 0 Å². The van der Waals surface area contributed by atoms with Crippen LogP contribution >= 0.6 is 11.3 Å². The molecule has 0 saturated heterocycles. The maximum Gasteiger partial charge on any atom is 0.106 e. The second kappa shape index (κ2) is 2.32. The molecule has 2 N–H and O–H groups in total. The van der Waals surface area contributed by atoms with Gasteiger partial charge in [-0.15, -0.1) is 11.3 Å². The average molecular weight is 154 g/mol. The van der Waals surface area contributed by atoms with Crippen LogP contribution < -0.4 is 5.73 Å². The smallest absolute Gasteiger partial charge is 0.106 e. The Morgan fingerprint density at radius 1 is 1.70 bits per heavy atom. The van der Waals surface area contributed by atoms with Gasteiger partial charge < -0.3 is 5.73 Å². The molecule has 2 rings (SSSR count). The van der Waals surface area contributed by atoms with E-state index in [0.29, 0.717) is 6.54 Å². The van der Waals surface area contributed by atoms with Gasteiger partial charge in [-0.2, -0.15) is 0 Å². The first-order valence-corrected chi connectivity index (χ1v) is 4.42. The molecule has 54 valence electrons. The second-order valence-corrected chi connectivity index (χ2v) is 3.59. The minimum absolute atomic E-state index is 0.595. The molecule has 3 heteroatoms. The van der Waals surface area contributed by atoms with Gasteiger partial charge in [0.2, 0.25) is 0 Å². The summed E-state index contributed by atoms with van der Waals surface area (Å²) in [6.07, 6.45) is 2.65. The van der Waals surface area contributed by atoms with Crippen LogP contribution in [0.1, 0.15) is 29.5 Å². The molecule has 2 nitrogen and oxygen atoms in total. The van der Waals surface area contributed by atoms with E-state index >= 15 is 0 Å². The highest BCUT2D eigenvalue weighted by Crippen LogP contribution is 2.39. The van der Waals surface area contributed by atoms with Gasteiger partial charge in [-0.05, 0) is 12.8 Å². The molecule has 0 aromatic carbocycles. The third-order valence-corrected chi connectivity index (χ3v) is 2.63. The lowest BCUT2D eigenvalue weighted by atomic mass is 10.3. The fraction of sp³-hybridized carbons (Fsp3) is 0.571. The number of nitrogens with two attached hydrogens (primary N) is 1. The van der Waals surface area contributed by atoms with Crippen molar-refractivity contribution in [2.24, 2.45) is 5.73 Å². The zero-order valence-electron chi connectivity index (χ0n) is 5.71. The van der Waals surface area contributed by atoms with E-state index in [-0.39, 0.29) is 0 Å². The summed E-state index contributed by atoms with van der Waals surface area (Å²) in [5.41, 5.74) is 6.70. The molecular formula is C7H10N2S. The van der Waals surface area contributed by atoms with Crippen molar-refractivity contribution in [3.63, 3.8) is 0 Å². The molecule has 1 aromatic rings. The third kappa shape index (κ3) is 1.07. The Kier molecular flexibility index (Phi) is 1.47. The fourth-order valence-electron chi connectivity index (χ4n) is 0.985. The molecule has 1 saturated carbocycles. The SMILES string of the molecule is NCc1nc(C2CC2)cs1. The molecule has 0 radical (unpaired) electrons. The number of thiazole rings is 1. The quantitative estimate of drug-likeness (QED) is 0.700. The van der Waals surface area contributed by atoms with Gasteiger partial charge in [0.05, 0.1) is 5.69 Å². The van der Waals surface area contributed by atoms with Crippen LogP contribution in [0.3, 0.4) is 0 Å². The predicted molar refractivity (Wildman–Crippen MR) is 42.0 cm³/mol. The standard InChI is InChI=1S/C7H10N2S/c8-3-7-9-6(4-10-7)5-1-2-5/h4-5H,1-3,8H2. The third-order valence-electron chi connectivity index (χ3n) is 1.74. The molecule has 1 aliphatic rings. The van der Waals surface area contributed by atoms with Crippen molar-refractivity contribution in [2.45, 2.75) is 25.3 Å². The highest BCUT2D eigenvalue weighted by molar-refractivity contribution is 7.09. The second-order valence-electron chi connectivity index (χ2n) is 2.64. The Balaban J connectivity index is 2.19. The lowest BCUT2D eigenvalue weighted by Gasteiger charge is -1.85. The molecule has 10 heavy (non-hydrogen) atoms. The number of nitrogens with zero attached hydrogens (tertiary/aromatic N) is 1. The van der Waals surface area contributed by atoms with E-state index in [1.165, 1.54) is 18.5 Å². The molecule has 1 aliphatic carbocycles. The summed E-state index contributed by atoms with van der Waals surface area (Å²) in [7, 11) is 0. The largest absolute Gasteiger partial charge is 0.325 e. The van der Waals surface area contributed by atoms with E-state index in [1.807, 2.05) is 0 Å². The number of aromatic nitrogens is 1. The van der Waals surface area contributed by atoms with Crippen LogP contribution in [0.2, 0.25) is 0 Å². The summed E-state index contributed by atoms with van der Waals surface area (Å²) in [6, 6.07) is 0. The van der Waals surface area contributed by atoms with E-state index in [0.717, 1.165) is 10.9 Å². The lowest BCUT2D eigenvalue weighted by Crippen LogP contribution is -1.94. The lowest BCUT2D eigenvalue weighted by molar-refractivity contribution is 0.973. The first kappa shape index (κ1) is 6.31. The zero-order chi connectivity index (χ0) is 6.97. The van der Waals surface area contributed by atoms with E-state index < -0.39 is 0 Å². The van der Waals surface area contributed by atoms with E-state index in [2.05, 4.69) is 10.4 Å². The summed E-state index contributed by atoms with van der Waals surface area (Å²) >= 11 is 1.68. The van der Waals surface area contributed by atoms with Crippen LogP contribution in [0.5, 0.6) is 0 Å². The van der Waals surface area contributed by atoms with Crippen molar-refractivity contribution in [3.05, 3.63) is 16.1 Å². The van der Waals surface area contributed by atoms with Crippen molar-refractivity contribution >= 4 is 11.3 Å². The summed E-state index contributed by atoms with van der Waals surface area (Å²) < 4.78 is 0.